The minimum Gasteiger partial charge on any atom is -0.504 e. The van der Waals surface area contributed by atoms with Crippen LogP contribution in [0.25, 0.3) is 0 Å². The second kappa shape index (κ2) is 5.84. The number of benzene rings is 1. The number of carbonyl (C=O) groups is 1. The van der Waals surface area contributed by atoms with E-state index in [9.17, 15) is 15.0 Å². The van der Waals surface area contributed by atoms with Crippen LogP contribution in [0, 0.1) is 0 Å². The molecule has 0 spiro atoms. The highest BCUT2D eigenvalue weighted by Crippen LogP contribution is 2.38. The predicted molar refractivity (Wildman–Crippen MR) is 83.9 cm³/mol. The average molecular weight is 334 g/mol. The molecule has 23 heavy (non-hydrogen) atoms. The van der Waals surface area contributed by atoms with Gasteiger partial charge >= 0.3 is 5.97 Å². The average Bonchev–Trinajstić information content (AvgIpc) is 2.97. The molecule has 0 bridgehead atoms. The number of carboxylic acid groups (broad SMARTS) is 1. The number of rotatable bonds is 4. The SMILES string of the molecule is COc1cccc([C@H]2C=C(C(=O)O)Nc3nc(SC)nn32)c1O. The largest absolute Gasteiger partial charge is 0.504 e. The van der Waals surface area contributed by atoms with Crippen molar-refractivity contribution in [1.82, 2.24) is 14.8 Å². The number of nitrogens with zero attached hydrogens (tertiary/aromatic N) is 3. The third kappa shape index (κ3) is 2.59. The van der Waals surface area contributed by atoms with E-state index in [-0.39, 0.29) is 11.4 Å². The smallest absolute Gasteiger partial charge is 0.352 e. The van der Waals surface area contributed by atoms with Crippen molar-refractivity contribution < 1.29 is 19.7 Å². The number of ether oxygens (including phenoxy) is 1. The van der Waals surface area contributed by atoms with Gasteiger partial charge in [-0.2, -0.15) is 4.98 Å². The number of methoxy groups -OCH3 is 1. The summed E-state index contributed by atoms with van der Waals surface area (Å²) >= 11 is 1.34. The molecule has 0 aliphatic carbocycles. The lowest BCUT2D eigenvalue weighted by molar-refractivity contribution is -0.132. The van der Waals surface area contributed by atoms with Crippen LogP contribution in [0.1, 0.15) is 11.6 Å². The molecule has 2 aromatic rings. The van der Waals surface area contributed by atoms with E-state index in [0.717, 1.165) is 0 Å². The summed E-state index contributed by atoms with van der Waals surface area (Å²) in [5.74, 6) is -0.563. The molecular weight excluding hydrogens is 320 g/mol. The van der Waals surface area contributed by atoms with E-state index in [1.165, 1.54) is 29.6 Å². The van der Waals surface area contributed by atoms with Crippen LogP contribution in [0.3, 0.4) is 0 Å². The number of aromatic hydroxyl groups is 1. The second-order valence-electron chi connectivity index (χ2n) is 4.72. The zero-order valence-electron chi connectivity index (χ0n) is 12.3. The minimum absolute atomic E-state index is 0.0234. The molecule has 2 heterocycles. The number of phenols is 1. The van der Waals surface area contributed by atoms with Gasteiger partial charge in [0.15, 0.2) is 11.5 Å². The van der Waals surface area contributed by atoms with Gasteiger partial charge in [0.25, 0.3) is 0 Å². The summed E-state index contributed by atoms with van der Waals surface area (Å²) in [6, 6.07) is 4.42. The van der Waals surface area contributed by atoms with Crippen LogP contribution >= 0.6 is 11.8 Å². The first kappa shape index (κ1) is 15.2. The van der Waals surface area contributed by atoms with Gasteiger partial charge in [-0.3, -0.25) is 0 Å². The molecule has 0 saturated carbocycles. The Morgan fingerprint density at radius 2 is 2.26 bits per heavy atom. The summed E-state index contributed by atoms with van der Waals surface area (Å²) in [5.41, 5.74) is 0.452. The molecular formula is C14H14N4O4S. The number of allylic oxidation sites excluding steroid dienone is 1. The molecule has 8 nitrogen and oxygen atoms in total. The van der Waals surface area contributed by atoms with Crippen molar-refractivity contribution in [3.8, 4) is 11.5 Å². The van der Waals surface area contributed by atoms with Gasteiger partial charge in [-0.1, -0.05) is 23.9 Å². The molecule has 0 radical (unpaired) electrons. The van der Waals surface area contributed by atoms with Gasteiger partial charge in [-0.25, -0.2) is 9.48 Å². The van der Waals surface area contributed by atoms with Gasteiger partial charge in [0.05, 0.1) is 7.11 Å². The summed E-state index contributed by atoms with van der Waals surface area (Å²) in [5, 5.41) is 27.2. The van der Waals surface area contributed by atoms with Crippen molar-refractivity contribution in [2.24, 2.45) is 0 Å². The topological polar surface area (TPSA) is 110 Å². The molecule has 0 saturated heterocycles. The van der Waals surface area contributed by atoms with E-state index in [0.29, 0.717) is 22.4 Å². The number of anilines is 1. The summed E-state index contributed by atoms with van der Waals surface area (Å²) in [4.78, 5) is 15.6. The first-order valence-electron chi connectivity index (χ1n) is 6.63. The van der Waals surface area contributed by atoms with Crippen molar-refractivity contribution in [2.45, 2.75) is 11.2 Å². The molecule has 1 aromatic heterocycles. The number of phenolic OH excluding ortho intramolecular Hbond substituents is 1. The number of thioether (sulfide) groups is 1. The quantitative estimate of drug-likeness (QED) is 0.725. The molecule has 0 unspecified atom stereocenters. The van der Waals surface area contributed by atoms with E-state index >= 15 is 0 Å². The van der Waals surface area contributed by atoms with E-state index in [4.69, 9.17) is 4.74 Å². The maximum Gasteiger partial charge on any atom is 0.352 e. The fraction of sp³-hybridized carbons (Fsp3) is 0.214. The summed E-state index contributed by atoms with van der Waals surface area (Å²) in [7, 11) is 1.45. The lowest BCUT2D eigenvalue weighted by Crippen LogP contribution is -2.24. The van der Waals surface area contributed by atoms with Crippen LogP contribution in [-0.2, 0) is 4.79 Å². The second-order valence-corrected chi connectivity index (χ2v) is 5.49. The first-order chi connectivity index (χ1) is 11.0. The van der Waals surface area contributed by atoms with Crippen molar-refractivity contribution in [2.75, 3.05) is 18.7 Å². The van der Waals surface area contributed by atoms with Gasteiger partial charge in [0.2, 0.25) is 11.1 Å². The third-order valence-corrected chi connectivity index (χ3v) is 3.97. The maximum absolute atomic E-state index is 11.3. The normalized spacial score (nSPS) is 16.3. The zero-order valence-corrected chi connectivity index (χ0v) is 13.2. The van der Waals surface area contributed by atoms with Crippen molar-refractivity contribution in [3.05, 3.63) is 35.5 Å². The standard InChI is InChI=1S/C14H14N4O4S/c1-22-10-5-3-4-7(11(10)19)9-6-8(12(20)21)15-13-16-14(23-2)17-18(9)13/h3-6,9,19H,1-2H3,(H,20,21)(H,15,16,17)/t9-/m1/s1. The van der Waals surface area contributed by atoms with Crippen molar-refractivity contribution in [3.63, 3.8) is 0 Å². The Bertz CT molecular complexity index is 802. The molecule has 0 fully saturated rings. The molecule has 1 aliphatic heterocycles. The van der Waals surface area contributed by atoms with Crippen molar-refractivity contribution in [1.29, 1.82) is 0 Å². The zero-order chi connectivity index (χ0) is 16.6. The Kier molecular flexibility index (Phi) is 3.87. The Morgan fingerprint density at radius 1 is 1.48 bits per heavy atom. The fourth-order valence-electron chi connectivity index (χ4n) is 2.35. The van der Waals surface area contributed by atoms with Crippen molar-refractivity contribution >= 4 is 23.7 Å². The summed E-state index contributed by atoms with van der Waals surface area (Å²) < 4.78 is 6.65. The number of nitrogens with one attached hydrogen (secondary N) is 1. The fourth-order valence-corrected chi connectivity index (χ4v) is 2.70. The number of para-hydroxylation sites is 1. The highest BCUT2D eigenvalue weighted by molar-refractivity contribution is 7.98. The number of carboxylic acids is 1. The lowest BCUT2D eigenvalue weighted by atomic mass is 10.0. The predicted octanol–water partition coefficient (Wildman–Crippen LogP) is 1.70. The van der Waals surface area contributed by atoms with Gasteiger partial charge in [-0.15, -0.1) is 5.10 Å². The molecule has 1 aromatic carbocycles. The highest BCUT2D eigenvalue weighted by Gasteiger charge is 2.29. The summed E-state index contributed by atoms with van der Waals surface area (Å²) in [6.07, 6.45) is 3.30. The van der Waals surface area contributed by atoms with E-state index < -0.39 is 12.0 Å². The number of hydrogen-bond donors (Lipinski definition) is 3. The van der Waals surface area contributed by atoms with Gasteiger partial charge in [0.1, 0.15) is 11.7 Å². The highest BCUT2D eigenvalue weighted by atomic mass is 32.2. The van der Waals surface area contributed by atoms with E-state index in [1.54, 1.807) is 18.2 Å². The van der Waals surface area contributed by atoms with E-state index in [2.05, 4.69) is 15.4 Å². The minimum atomic E-state index is -1.11. The Labute approximate surface area is 135 Å². The maximum atomic E-state index is 11.3. The first-order valence-corrected chi connectivity index (χ1v) is 7.86. The summed E-state index contributed by atoms with van der Waals surface area (Å²) in [6.45, 7) is 0. The molecule has 9 heteroatoms. The van der Waals surface area contributed by atoms with Crippen LogP contribution in [0.15, 0.2) is 35.1 Å². The van der Waals surface area contributed by atoms with Gasteiger partial charge < -0.3 is 20.3 Å². The lowest BCUT2D eigenvalue weighted by Gasteiger charge is -2.23. The molecule has 3 N–H and O–H groups in total. The Hall–Kier alpha value is -2.68. The number of hydrogen-bond acceptors (Lipinski definition) is 7. The number of fused-ring (bicyclic) bond motifs is 1. The third-order valence-electron chi connectivity index (χ3n) is 3.43. The molecule has 120 valence electrons. The molecule has 3 rings (SSSR count). The Balaban J connectivity index is 2.17. The monoisotopic (exact) mass is 334 g/mol. The van der Waals surface area contributed by atoms with Gasteiger partial charge in [-0.05, 0) is 18.4 Å². The van der Waals surface area contributed by atoms with Crippen LogP contribution in [-0.4, -0.2) is 44.3 Å². The van der Waals surface area contributed by atoms with Gasteiger partial charge in [0, 0.05) is 5.56 Å². The number of aliphatic carboxylic acids is 1. The number of aromatic nitrogens is 3. The van der Waals surface area contributed by atoms with Crippen LogP contribution in [0.4, 0.5) is 5.95 Å². The molecule has 1 aliphatic rings. The molecule has 0 amide bonds. The van der Waals surface area contributed by atoms with E-state index in [1.807, 2.05) is 6.26 Å². The van der Waals surface area contributed by atoms with Crippen LogP contribution in [0.5, 0.6) is 11.5 Å². The van der Waals surface area contributed by atoms with Crippen LogP contribution < -0.4 is 10.1 Å². The Morgan fingerprint density at radius 3 is 2.91 bits per heavy atom. The van der Waals surface area contributed by atoms with Crippen LogP contribution in [0.2, 0.25) is 0 Å². The molecule has 1 atom stereocenters.